The van der Waals surface area contributed by atoms with Gasteiger partial charge in [-0.15, -0.1) is 0 Å². The minimum Gasteiger partial charge on any atom is -0.469 e. The van der Waals surface area contributed by atoms with Gasteiger partial charge in [0.2, 0.25) is 0 Å². The lowest BCUT2D eigenvalue weighted by Gasteiger charge is -2.54. The Morgan fingerprint density at radius 1 is 1.15 bits per heavy atom. The first-order valence-electron chi connectivity index (χ1n) is 13.1. The maximum atomic E-state index is 12.8. The number of carbonyl (C=O) groups is 3. The second-order valence-corrected chi connectivity index (χ2v) is 11.6. The predicted molar refractivity (Wildman–Crippen MR) is 130 cm³/mol. The molecule has 0 heterocycles. The highest BCUT2D eigenvalue weighted by Crippen LogP contribution is 2.58. The zero-order valence-electron chi connectivity index (χ0n) is 22.1. The molecule has 3 aliphatic carbocycles. The van der Waals surface area contributed by atoms with Crippen molar-refractivity contribution in [2.75, 3.05) is 7.11 Å². The van der Waals surface area contributed by atoms with Crippen molar-refractivity contribution in [3.63, 3.8) is 0 Å². The molecule has 0 aromatic rings. The number of esters is 3. The molecular weight excluding hydrogens is 432 g/mol. The summed E-state index contributed by atoms with van der Waals surface area (Å²) < 4.78 is 17.2. The van der Waals surface area contributed by atoms with E-state index in [4.69, 9.17) is 14.2 Å². The van der Waals surface area contributed by atoms with Gasteiger partial charge >= 0.3 is 17.9 Å². The lowest BCUT2D eigenvalue weighted by Crippen LogP contribution is -2.52. The fourth-order valence-electron chi connectivity index (χ4n) is 7.19. The minimum atomic E-state index is -0.368. The van der Waals surface area contributed by atoms with Crippen LogP contribution >= 0.6 is 0 Å². The largest absolute Gasteiger partial charge is 0.469 e. The molecule has 0 spiro atoms. The summed E-state index contributed by atoms with van der Waals surface area (Å²) in [6.45, 7) is 12.1. The highest BCUT2D eigenvalue weighted by atomic mass is 16.6. The molecule has 0 saturated heterocycles. The van der Waals surface area contributed by atoms with Crippen LogP contribution in [-0.4, -0.2) is 37.2 Å². The molecule has 3 rings (SSSR count). The molecule has 2 fully saturated rings. The average molecular weight is 477 g/mol. The van der Waals surface area contributed by atoms with Gasteiger partial charge < -0.3 is 14.2 Å². The smallest absolute Gasteiger partial charge is 0.312 e. The van der Waals surface area contributed by atoms with Gasteiger partial charge in [-0.2, -0.15) is 0 Å². The van der Waals surface area contributed by atoms with Crippen LogP contribution in [0.2, 0.25) is 0 Å². The second-order valence-electron chi connectivity index (χ2n) is 11.6. The minimum absolute atomic E-state index is 0.0204. The van der Waals surface area contributed by atoms with Gasteiger partial charge in [0, 0.05) is 24.7 Å². The van der Waals surface area contributed by atoms with E-state index in [-0.39, 0.29) is 58.7 Å². The summed E-state index contributed by atoms with van der Waals surface area (Å²) in [4.78, 5) is 37.3. The Kier molecular flexibility index (Phi) is 8.19. The maximum absolute atomic E-state index is 12.8. The summed E-state index contributed by atoms with van der Waals surface area (Å²) >= 11 is 0. The Hall–Kier alpha value is -1.85. The number of methoxy groups -OCH3 is 1. The van der Waals surface area contributed by atoms with Crippen LogP contribution in [0.15, 0.2) is 11.6 Å². The SMILES string of the molecule is CCC(=O)OC1CCCC1(C)C[C@@H](OC(C)=O)C1C(C)[C@H](C(=O)OC)C=C2CC(C)CCC21C. The Morgan fingerprint density at radius 3 is 2.47 bits per heavy atom. The van der Waals surface area contributed by atoms with Crippen LogP contribution in [0.1, 0.15) is 92.9 Å². The van der Waals surface area contributed by atoms with Gasteiger partial charge in [-0.05, 0) is 62.2 Å². The van der Waals surface area contributed by atoms with Crippen molar-refractivity contribution in [3.05, 3.63) is 11.6 Å². The van der Waals surface area contributed by atoms with Crippen LogP contribution in [0.4, 0.5) is 0 Å². The molecule has 8 atom stereocenters. The average Bonchev–Trinajstić information content (AvgIpc) is 3.12. The molecule has 0 bridgehead atoms. The molecule has 2 saturated carbocycles. The van der Waals surface area contributed by atoms with E-state index >= 15 is 0 Å². The molecule has 0 radical (unpaired) electrons. The standard InChI is InChI=1S/C28H44O6/c1-8-24(30)34-23-10-9-12-27(23,5)16-22(33-19(4)29)25-18(3)21(26(31)32-7)15-20-14-17(2)11-13-28(20,25)6/h15,17-18,21-23,25H,8-14,16H2,1-7H3/t17?,18?,21-,22-,23?,25?,27?,28?/m1/s1. The van der Waals surface area contributed by atoms with E-state index in [1.807, 2.05) is 6.92 Å². The Morgan fingerprint density at radius 2 is 1.85 bits per heavy atom. The van der Waals surface area contributed by atoms with Crippen LogP contribution in [0.25, 0.3) is 0 Å². The number of fused-ring (bicyclic) bond motifs is 1. The number of ether oxygens (including phenoxy) is 3. The predicted octanol–water partition coefficient (Wildman–Crippen LogP) is 5.63. The van der Waals surface area contributed by atoms with Gasteiger partial charge in [-0.3, -0.25) is 14.4 Å². The molecular formula is C28H44O6. The molecule has 0 N–H and O–H groups in total. The van der Waals surface area contributed by atoms with Gasteiger partial charge in [0.1, 0.15) is 12.2 Å². The van der Waals surface area contributed by atoms with Crippen LogP contribution < -0.4 is 0 Å². The van der Waals surface area contributed by atoms with Crippen molar-refractivity contribution in [3.8, 4) is 0 Å². The fourth-order valence-corrected chi connectivity index (χ4v) is 7.19. The van der Waals surface area contributed by atoms with Gasteiger partial charge in [-0.25, -0.2) is 0 Å². The van der Waals surface area contributed by atoms with Gasteiger partial charge in [-0.1, -0.05) is 46.3 Å². The lowest BCUT2D eigenvalue weighted by molar-refractivity contribution is -0.167. The quantitative estimate of drug-likeness (QED) is 0.269. The molecule has 0 aliphatic heterocycles. The molecule has 0 amide bonds. The van der Waals surface area contributed by atoms with Gasteiger partial charge in [0.05, 0.1) is 13.0 Å². The summed E-state index contributed by atoms with van der Waals surface area (Å²) in [5, 5.41) is 0. The second kappa shape index (κ2) is 10.4. The van der Waals surface area contributed by atoms with Crippen LogP contribution in [0, 0.1) is 34.5 Å². The normalized spacial score (nSPS) is 38.3. The molecule has 6 nitrogen and oxygen atoms in total. The van der Waals surface area contributed by atoms with Crippen LogP contribution in [-0.2, 0) is 28.6 Å². The number of carbonyl (C=O) groups excluding carboxylic acids is 3. The molecule has 6 heteroatoms. The number of hydrogen-bond donors (Lipinski definition) is 0. The summed E-state index contributed by atoms with van der Waals surface area (Å²) in [7, 11) is 1.44. The number of hydrogen-bond acceptors (Lipinski definition) is 6. The zero-order valence-corrected chi connectivity index (χ0v) is 22.1. The summed E-state index contributed by atoms with van der Waals surface area (Å²) in [6.07, 6.45) is 8.38. The van der Waals surface area contributed by atoms with E-state index in [0.717, 1.165) is 38.5 Å². The summed E-state index contributed by atoms with van der Waals surface area (Å²) in [5.74, 6) is -0.574. The third kappa shape index (κ3) is 5.21. The monoisotopic (exact) mass is 476 g/mol. The highest BCUT2D eigenvalue weighted by molar-refractivity contribution is 5.75. The van der Waals surface area contributed by atoms with E-state index in [0.29, 0.717) is 18.8 Å². The third-order valence-electron chi connectivity index (χ3n) is 9.12. The molecule has 192 valence electrons. The van der Waals surface area contributed by atoms with E-state index in [9.17, 15) is 14.4 Å². The maximum Gasteiger partial charge on any atom is 0.312 e. The molecule has 34 heavy (non-hydrogen) atoms. The van der Waals surface area contributed by atoms with Crippen molar-refractivity contribution in [2.24, 2.45) is 34.5 Å². The molecule has 0 aromatic heterocycles. The number of rotatable bonds is 7. The van der Waals surface area contributed by atoms with Crippen molar-refractivity contribution in [1.82, 2.24) is 0 Å². The summed E-state index contributed by atoms with van der Waals surface area (Å²) in [5.41, 5.74) is 0.874. The third-order valence-corrected chi connectivity index (χ3v) is 9.12. The topological polar surface area (TPSA) is 78.9 Å². The first kappa shape index (κ1) is 26.7. The van der Waals surface area contributed by atoms with Crippen molar-refractivity contribution >= 4 is 17.9 Å². The molecule has 3 aliphatic rings. The van der Waals surface area contributed by atoms with E-state index in [1.165, 1.54) is 19.6 Å². The Bertz CT molecular complexity index is 818. The van der Waals surface area contributed by atoms with Crippen molar-refractivity contribution < 1.29 is 28.6 Å². The van der Waals surface area contributed by atoms with Gasteiger partial charge in [0.15, 0.2) is 0 Å². The van der Waals surface area contributed by atoms with Crippen LogP contribution in [0.5, 0.6) is 0 Å². The number of allylic oxidation sites excluding steroid dienone is 1. The van der Waals surface area contributed by atoms with E-state index in [2.05, 4.69) is 33.8 Å². The van der Waals surface area contributed by atoms with Gasteiger partial charge in [0.25, 0.3) is 0 Å². The Balaban J connectivity index is 2.01. The first-order valence-corrected chi connectivity index (χ1v) is 13.1. The zero-order chi connectivity index (χ0) is 25.3. The highest BCUT2D eigenvalue weighted by Gasteiger charge is 2.55. The lowest BCUT2D eigenvalue weighted by atomic mass is 9.51. The molecule has 6 unspecified atom stereocenters. The summed E-state index contributed by atoms with van der Waals surface area (Å²) in [6, 6.07) is 0. The van der Waals surface area contributed by atoms with E-state index < -0.39 is 0 Å². The fraction of sp³-hybridized carbons (Fsp3) is 0.821. The van der Waals surface area contributed by atoms with Crippen LogP contribution in [0.3, 0.4) is 0 Å². The van der Waals surface area contributed by atoms with Crippen molar-refractivity contribution in [2.45, 2.75) is 105 Å². The molecule has 0 aromatic carbocycles. The first-order chi connectivity index (χ1) is 15.9. The Labute approximate surface area is 205 Å². The van der Waals surface area contributed by atoms with Crippen molar-refractivity contribution in [1.29, 1.82) is 0 Å². The van der Waals surface area contributed by atoms with E-state index in [1.54, 1.807) is 0 Å².